The molecule has 0 aliphatic heterocycles. The van der Waals surface area contributed by atoms with Gasteiger partial charge in [-0.2, -0.15) is 0 Å². The molecule has 0 aromatic carbocycles. The number of nitrogens with two attached hydrogens (primary N) is 1. The lowest BCUT2D eigenvalue weighted by Crippen LogP contribution is -2.20. The van der Waals surface area contributed by atoms with E-state index in [2.05, 4.69) is 10.3 Å². The van der Waals surface area contributed by atoms with Crippen molar-refractivity contribution in [2.45, 2.75) is 19.4 Å². The molecule has 0 radical (unpaired) electrons. The minimum absolute atomic E-state index is 0.0264. The number of likely N-dealkylation sites (N-methyl/N-ethyl adjacent to an activating group) is 1. The molecule has 0 fully saturated rings. The van der Waals surface area contributed by atoms with Crippen LogP contribution in [0.2, 0.25) is 0 Å². The molecule has 4 nitrogen and oxygen atoms in total. The minimum Gasteiger partial charge on any atom is -0.359 e. The molecule has 1 aromatic heterocycles. The maximum atomic E-state index is 11.0. The Hall–Kier alpha value is -0.940. The Bertz CT molecular complexity index is 295. The van der Waals surface area contributed by atoms with Crippen molar-refractivity contribution in [1.29, 1.82) is 0 Å². The summed E-state index contributed by atoms with van der Waals surface area (Å²) in [6.07, 6.45) is 0.333. The third-order valence-electron chi connectivity index (χ3n) is 1.58. The lowest BCUT2D eigenvalue weighted by Gasteiger charge is -1.97. The zero-order chi connectivity index (χ0) is 9.84. The van der Waals surface area contributed by atoms with Crippen LogP contribution in [0.3, 0.4) is 0 Å². The molecule has 1 aromatic rings. The van der Waals surface area contributed by atoms with Gasteiger partial charge in [-0.3, -0.25) is 4.79 Å². The highest BCUT2D eigenvalue weighted by atomic mass is 32.1. The second kappa shape index (κ2) is 4.34. The highest BCUT2D eigenvalue weighted by Gasteiger charge is 2.08. The Morgan fingerprint density at radius 2 is 2.54 bits per heavy atom. The lowest BCUT2D eigenvalue weighted by atomic mass is 10.3. The number of nitrogens with zero attached hydrogens (tertiary/aromatic N) is 1. The summed E-state index contributed by atoms with van der Waals surface area (Å²) in [5.74, 6) is -0.0264. The van der Waals surface area contributed by atoms with Crippen molar-refractivity contribution in [3.63, 3.8) is 0 Å². The van der Waals surface area contributed by atoms with Gasteiger partial charge in [-0.25, -0.2) is 4.98 Å². The molecule has 1 heterocycles. The number of amides is 1. The number of hydrogen-bond acceptors (Lipinski definition) is 4. The van der Waals surface area contributed by atoms with Gasteiger partial charge in [0.1, 0.15) is 5.01 Å². The van der Waals surface area contributed by atoms with E-state index in [1.165, 1.54) is 11.3 Å². The summed E-state index contributed by atoms with van der Waals surface area (Å²) >= 11 is 1.49. The smallest absolute Gasteiger partial charge is 0.225 e. The average molecular weight is 199 g/mol. The molecule has 1 rings (SSSR count). The summed E-state index contributed by atoms with van der Waals surface area (Å²) < 4.78 is 0. The Morgan fingerprint density at radius 1 is 1.85 bits per heavy atom. The SMILES string of the molecule is CNC(=O)Cc1csc(C(C)N)n1. The second-order valence-corrected chi connectivity index (χ2v) is 3.71. The van der Waals surface area contributed by atoms with Crippen molar-refractivity contribution in [1.82, 2.24) is 10.3 Å². The van der Waals surface area contributed by atoms with E-state index in [-0.39, 0.29) is 11.9 Å². The zero-order valence-corrected chi connectivity index (χ0v) is 8.52. The van der Waals surface area contributed by atoms with Gasteiger partial charge >= 0.3 is 0 Å². The first kappa shape index (κ1) is 10.1. The summed E-state index contributed by atoms with van der Waals surface area (Å²) in [5.41, 5.74) is 6.43. The molecule has 0 aliphatic carbocycles. The van der Waals surface area contributed by atoms with Crippen LogP contribution in [-0.2, 0) is 11.2 Å². The van der Waals surface area contributed by atoms with Crippen LogP contribution in [0.1, 0.15) is 23.7 Å². The van der Waals surface area contributed by atoms with Crippen molar-refractivity contribution >= 4 is 17.2 Å². The highest BCUT2D eigenvalue weighted by molar-refractivity contribution is 7.09. The fourth-order valence-electron chi connectivity index (χ4n) is 0.866. The van der Waals surface area contributed by atoms with Crippen LogP contribution >= 0.6 is 11.3 Å². The molecule has 5 heteroatoms. The number of nitrogens with one attached hydrogen (secondary N) is 1. The Balaban J connectivity index is 2.64. The number of carbonyl (C=O) groups excluding carboxylic acids is 1. The van der Waals surface area contributed by atoms with E-state index in [1.54, 1.807) is 7.05 Å². The molecule has 3 N–H and O–H groups in total. The molecule has 0 spiro atoms. The van der Waals surface area contributed by atoms with Crippen LogP contribution in [-0.4, -0.2) is 17.9 Å². The van der Waals surface area contributed by atoms with Crippen molar-refractivity contribution in [3.05, 3.63) is 16.1 Å². The maximum absolute atomic E-state index is 11.0. The third-order valence-corrected chi connectivity index (χ3v) is 2.67. The fraction of sp³-hybridized carbons (Fsp3) is 0.500. The second-order valence-electron chi connectivity index (χ2n) is 2.82. The van der Waals surface area contributed by atoms with Gasteiger partial charge in [-0.1, -0.05) is 0 Å². The van der Waals surface area contributed by atoms with Gasteiger partial charge in [0, 0.05) is 12.4 Å². The van der Waals surface area contributed by atoms with Gasteiger partial charge in [0.15, 0.2) is 0 Å². The fourth-order valence-corrected chi connectivity index (χ4v) is 1.64. The number of aromatic nitrogens is 1. The summed E-state index contributed by atoms with van der Waals surface area (Å²) in [5, 5.41) is 5.29. The van der Waals surface area contributed by atoms with Gasteiger partial charge in [0.25, 0.3) is 0 Å². The molecule has 1 amide bonds. The number of hydrogen-bond donors (Lipinski definition) is 2. The summed E-state index contributed by atoms with van der Waals surface area (Å²) in [7, 11) is 1.61. The molecule has 0 bridgehead atoms. The molecule has 0 saturated carbocycles. The third kappa shape index (κ3) is 2.78. The van der Waals surface area contributed by atoms with Crippen LogP contribution < -0.4 is 11.1 Å². The number of thiazole rings is 1. The largest absolute Gasteiger partial charge is 0.359 e. The normalized spacial score (nSPS) is 12.5. The lowest BCUT2D eigenvalue weighted by molar-refractivity contribution is -0.120. The van der Waals surface area contributed by atoms with Gasteiger partial charge < -0.3 is 11.1 Å². The first-order chi connectivity index (χ1) is 6.13. The van der Waals surface area contributed by atoms with Crippen molar-refractivity contribution < 1.29 is 4.79 Å². The molecule has 0 aliphatic rings. The number of rotatable bonds is 3. The molecule has 0 saturated heterocycles. The predicted octanol–water partition coefficient (Wildman–Crippen LogP) is 0.451. The molecular formula is C8H13N3OS. The van der Waals surface area contributed by atoms with Gasteiger partial charge in [0.2, 0.25) is 5.91 Å². The van der Waals surface area contributed by atoms with E-state index in [0.29, 0.717) is 6.42 Å². The highest BCUT2D eigenvalue weighted by Crippen LogP contribution is 2.15. The van der Waals surface area contributed by atoms with Crippen molar-refractivity contribution in [2.24, 2.45) is 5.73 Å². The molecule has 1 atom stereocenters. The molecular weight excluding hydrogens is 186 g/mol. The van der Waals surface area contributed by atoms with Crippen LogP contribution in [0.15, 0.2) is 5.38 Å². The molecule has 13 heavy (non-hydrogen) atoms. The van der Waals surface area contributed by atoms with Crippen LogP contribution in [0, 0.1) is 0 Å². The summed E-state index contributed by atoms with van der Waals surface area (Å²) in [6.45, 7) is 1.88. The standard InChI is InChI=1S/C8H13N3OS/c1-5(9)8-11-6(4-13-8)3-7(12)10-2/h4-5H,3,9H2,1-2H3,(H,10,12). The van der Waals surface area contributed by atoms with Crippen LogP contribution in [0.4, 0.5) is 0 Å². The van der Waals surface area contributed by atoms with Gasteiger partial charge in [-0.15, -0.1) is 11.3 Å². The first-order valence-corrected chi connectivity index (χ1v) is 4.92. The van der Waals surface area contributed by atoms with E-state index >= 15 is 0 Å². The van der Waals surface area contributed by atoms with E-state index in [4.69, 9.17) is 5.73 Å². The summed E-state index contributed by atoms with van der Waals surface area (Å²) in [4.78, 5) is 15.2. The van der Waals surface area contributed by atoms with Crippen molar-refractivity contribution in [3.8, 4) is 0 Å². The number of carbonyl (C=O) groups is 1. The van der Waals surface area contributed by atoms with Gasteiger partial charge in [-0.05, 0) is 6.92 Å². The minimum atomic E-state index is -0.0524. The Kier molecular flexibility index (Phi) is 3.39. The molecule has 72 valence electrons. The monoisotopic (exact) mass is 199 g/mol. The van der Waals surface area contributed by atoms with Crippen molar-refractivity contribution in [2.75, 3.05) is 7.05 Å². The van der Waals surface area contributed by atoms with E-state index in [0.717, 1.165) is 10.7 Å². The quantitative estimate of drug-likeness (QED) is 0.742. The Morgan fingerprint density at radius 3 is 3.00 bits per heavy atom. The van der Waals surface area contributed by atoms with E-state index < -0.39 is 0 Å². The topological polar surface area (TPSA) is 68.0 Å². The van der Waals surface area contributed by atoms with Crippen LogP contribution in [0.25, 0.3) is 0 Å². The summed E-state index contributed by atoms with van der Waals surface area (Å²) in [6, 6.07) is -0.0524. The van der Waals surface area contributed by atoms with E-state index in [9.17, 15) is 4.79 Å². The predicted molar refractivity (Wildman–Crippen MR) is 52.5 cm³/mol. The van der Waals surface area contributed by atoms with Crippen LogP contribution in [0.5, 0.6) is 0 Å². The first-order valence-electron chi connectivity index (χ1n) is 4.04. The van der Waals surface area contributed by atoms with E-state index in [1.807, 2.05) is 12.3 Å². The maximum Gasteiger partial charge on any atom is 0.225 e. The zero-order valence-electron chi connectivity index (χ0n) is 7.70. The Labute approximate surface area is 81.2 Å². The van der Waals surface area contributed by atoms with Gasteiger partial charge in [0.05, 0.1) is 18.2 Å². The molecule has 1 unspecified atom stereocenters. The average Bonchev–Trinajstić information content (AvgIpc) is 2.52.